The van der Waals surface area contributed by atoms with Gasteiger partial charge in [-0.25, -0.2) is 4.39 Å². The molecule has 2 nitrogen and oxygen atoms in total. The van der Waals surface area contributed by atoms with Gasteiger partial charge in [-0.05, 0) is 69.0 Å². The first-order chi connectivity index (χ1) is 8.75. The number of piperidine rings is 1. The molecule has 1 aromatic rings. The molecule has 1 saturated heterocycles. The van der Waals surface area contributed by atoms with Crippen LogP contribution in [-0.4, -0.2) is 18.9 Å². The fourth-order valence-electron chi connectivity index (χ4n) is 2.50. The third-order valence-electron chi connectivity index (χ3n) is 3.64. The Morgan fingerprint density at radius 2 is 1.89 bits per heavy atom. The van der Waals surface area contributed by atoms with E-state index in [4.69, 9.17) is 0 Å². The number of carbonyl (C=O) groups excluding carboxylic acids is 1. The Morgan fingerprint density at radius 3 is 2.56 bits per heavy atom. The lowest BCUT2D eigenvalue weighted by atomic mass is 9.91. The van der Waals surface area contributed by atoms with Gasteiger partial charge in [0.25, 0.3) is 0 Å². The Labute approximate surface area is 108 Å². The Hall–Kier alpha value is -1.22. The standard InChI is InChI=1S/C15H20FNO/c16-14-6-4-13(5-7-14)15(18)3-1-2-12-8-10-17-11-9-12/h4-7,12,17H,1-3,8-11H2. The molecule has 0 saturated carbocycles. The van der Waals surface area contributed by atoms with E-state index >= 15 is 0 Å². The van der Waals surface area contributed by atoms with Gasteiger partial charge in [0.1, 0.15) is 5.82 Å². The number of hydrogen-bond acceptors (Lipinski definition) is 2. The third kappa shape index (κ3) is 3.91. The second-order valence-electron chi connectivity index (χ2n) is 5.02. The lowest BCUT2D eigenvalue weighted by Crippen LogP contribution is -2.27. The average Bonchev–Trinajstić information content (AvgIpc) is 2.40. The van der Waals surface area contributed by atoms with Gasteiger partial charge in [-0.2, -0.15) is 0 Å². The molecule has 98 valence electrons. The van der Waals surface area contributed by atoms with Crippen molar-refractivity contribution in [2.45, 2.75) is 32.1 Å². The number of nitrogens with one attached hydrogen (secondary N) is 1. The second-order valence-corrected chi connectivity index (χ2v) is 5.02. The first-order valence-electron chi connectivity index (χ1n) is 6.75. The van der Waals surface area contributed by atoms with Crippen molar-refractivity contribution in [1.82, 2.24) is 5.32 Å². The van der Waals surface area contributed by atoms with Crippen LogP contribution in [-0.2, 0) is 0 Å². The van der Waals surface area contributed by atoms with Gasteiger partial charge in [0.15, 0.2) is 5.78 Å². The molecule has 1 aromatic carbocycles. The van der Waals surface area contributed by atoms with Gasteiger partial charge in [0.2, 0.25) is 0 Å². The Bertz CT molecular complexity index is 382. The van der Waals surface area contributed by atoms with Gasteiger partial charge >= 0.3 is 0 Å². The summed E-state index contributed by atoms with van der Waals surface area (Å²) < 4.78 is 12.7. The van der Waals surface area contributed by atoms with Crippen molar-refractivity contribution < 1.29 is 9.18 Å². The molecule has 0 bridgehead atoms. The van der Waals surface area contributed by atoms with Crippen LogP contribution >= 0.6 is 0 Å². The lowest BCUT2D eigenvalue weighted by Gasteiger charge is -2.22. The van der Waals surface area contributed by atoms with Crippen molar-refractivity contribution >= 4 is 5.78 Å². The normalized spacial score (nSPS) is 16.7. The van der Waals surface area contributed by atoms with Crippen LogP contribution in [0.15, 0.2) is 24.3 Å². The van der Waals surface area contributed by atoms with Crippen molar-refractivity contribution in [3.63, 3.8) is 0 Å². The predicted octanol–water partition coefficient (Wildman–Crippen LogP) is 3.18. The summed E-state index contributed by atoms with van der Waals surface area (Å²) in [5, 5.41) is 3.34. The molecule has 1 aliphatic rings. The van der Waals surface area contributed by atoms with Gasteiger partial charge in [-0.3, -0.25) is 4.79 Å². The topological polar surface area (TPSA) is 29.1 Å². The molecule has 0 aromatic heterocycles. The van der Waals surface area contributed by atoms with E-state index in [2.05, 4.69) is 5.32 Å². The van der Waals surface area contributed by atoms with Crippen molar-refractivity contribution in [2.75, 3.05) is 13.1 Å². The second kappa shape index (κ2) is 6.64. The van der Waals surface area contributed by atoms with E-state index in [1.54, 1.807) is 12.1 Å². The summed E-state index contributed by atoms with van der Waals surface area (Å²) in [5.74, 6) is 0.609. The Kier molecular flexibility index (Phi) is 4.88. The summed E-state index contributed by atoms with van der Waals surface area (Å²) in [6.07, 6.45) is 5.11. The van der Waals surface area contributed by atoms with Crippen molar-refractivity contribution in [3.8, 4) is 0 Å². The summed E-state index contributed by atoms with van der Waals surface area (Å²) in [7, 11) is 0. The van der Waals surface area contributed by atoms with Crippen LogP contribution < -0.4 is 5.32 Å². The Balaban J connectivity index is 1.72. The fraction of sp³-hybridized carbons (Fsp3) is 0.533. The number of Topliss-reactive ketones (excluding diaryl/α,β-unsaturated/α-hetero) is 1. The monoisotopic (exact) mass is 249 g/mol. The van der Waals surface area contributed by atoms with Crippen LogP contribution in [0.3, 0.4) is 0 Å². The summed E-state index contributed by atoms with van der Waals surface area (Å²) in [6.45, 7) is 2.22. The molecule has 0 atom stereocenters. The maximum atomic E-state index is 12.7. The van der Waals surface area contributed by atoms with E-state index in [1.165, 1.54) is 25.0 Å². The largest absolute Gasteiger partial charge is 0.317 e. The molecule has 0 aliphatic carbocycles. The van der Waals surface area contributed by atoms with Crippen LogP contribution in [0.25, 0.3) is 0 Å². The number of rotatable bonds is 5. The van der Waals surface area contributed by atoms with E-state index in [-0.39, 0.29) is 11.6 Å². The molecule has 1 fully saturated rings. The lowest BCUT2D eigenvalue weighted by molar-refractivity contribution is 0.0977. The molecule has 0 unspecified atom stereocenters. The van der Waals surface area contributed by atoms with E-state index in [0.29, 0.717) is 12.0 Å². The molecular formula is C15H20FNO. The molecule has 3 heteroatoms. The molecule has 1 heterocycles. The maximum Gasteiger partial charge on any atom is 0.162 e. The minimum absolute atomic E-state index is 0.129. The fourth-order valence-corrected chi connectivity index (χ4v) is 2.50. The van der Waals surface area contributed by atoms with Gasteiger partial charge in [0, 0.05) is 12.0 Å². The van der Waals surface area contributed by atoms with E-state index in [0.717, 1.165) is 31.8 Å². The van der Waals surface area contributed by atoms with Gasteiger partial charge in [-0.15, -0.1) is 0 Å². The summed E-state index contributed by atoms with van der Waals surface area (Å²) in [5.41, 5.74) is 0.627. The third-order valence-corrected chi connectivity index (χ3v) is 3.64. The van der Waals surface area contributed by atoms with Crippen molar-refractivity contribution in [2.24, 2.45) is 5.92 Å². The Morgan fingerprint density at radius 1 is 1.22 bits per heavy atom. The number of carbonyl (C=O) groups is 1. The van der Waals surface area contributed by atoms with Crippen LogP contribution in [0, 0.1) is 11.7 Å². The molecule has 0 amide bonds. The van der Waals surface area contributed by atoms with E-state index in [9.17, 15) is 9.18 Å². The average molecular weight is 249 g/mol. The number of ketones is 1. The quantitative estimate of drug-likeness (QED) is 0.812. The highest BCUT2D eigenvalue weighted by Gasteiger charge is 2.13. The van der Waals surface area contributed by atoms with Crippen molar-refractivity contribution in [3.05, 3.63) is 35.6 Å². The molecule has 1 aliphatic heterocycles. The molecule has 0 radical (unpaired) electrons. The van der Waals surface area contributed by atoms with Crippen LogP contribution in [0.2, 0.25) is 0 Å². The molecule has 18 heavy (non-hydrogen) atoms. The highest BCUT2D eigenvalue weighted by atomic mass is 19.1. The smallest absolute Gasteiger partial charge is 0.162 e. The highest BCUT2D eigenvalue weighted by Crippen LogP contribution is 2.19. The minimum atomic E-state index is -0.291. The first kappa shape index (κ1) is 13.2. The SMILES string of the molecule is O=C(CCCC1CCNCC1)c1ccc(F)cc1. The van der Waals surface area contributed by atoms with Crippen LogP contribution in [0.4, 0.5) is 4.39 Å². The molecule has 0 spiro atoms. The zero-order chi connectivity index (χ0) is 12.8. The van der Waals surface area contributed by atoms with Gasteiger partial charge in [0.05, 0.1) is 0 Å². The maximum absolute atomic E-state index is 12.7. The zero-order valence-corrected chi connectivity index (χ0v) is 10.6. The summed E-state index contributed by atoms with van der Waals surface area (Å²) >= 11 is 0. The minimum Gasteiger partial charge on any atom is -0.317 e. The number of benzene rings is 1. The zero-order valence-electron chi connectivity index (χ0n) is 10.6. The first-order valence-corrected chi connectivity index (χ1v) is 6.75. The van der Waals surface area contributed by atoms with E-state index < -0.39 is 0 Å². The van der Waals surface area contributed by atoms with Gasteiger partial charge < -0.3 is 5.32 Å². The molecule has 1 N–H and O–H groups in total. The summed E-state index contributed by atoms with van der Waals surface area (Å²) in [4.78, 5) is 11.9. The van der Waals surface area contributed by atoms with Crippen molar-refractivity contribution in [1.29, 1.82) is 0 Å². The van der Waals surface area contributed by atoms with Crippen LogP contribution in [0.5, 0.6) is 0 Å². The summed E-state index contributed by atoms with van der Waals surface area (Å²) in [6, 6.07) is 5.84. The highest BCUT2D eigenvalue weighted by molar-refractivity contribution is 5.95. The van der Waals surface area contributed by atoms with E-state index in [1.807, 2.05) is 0 Å². The predicted molar refractivity (Wildman–Crippen MR) is 70.2 cm³/mol. The number of hydrogen-bond donors (Lipinski definition) is 1. The molecule has 2 rings (SSSR count). The molecular weight excluding hydrogens is 229 g/mol. The van der Waals surface area contributed by atoms with Crippen LogP contribution in [0.1, 0.15) is 42.5 Å². The number of halogens is 1. The van der Waals surface area contributed by atoms with Gasteiger partial charge in [-0.1, -0.05) is 0 Å².